The van der Waals surface area contributed by atoms with E-state index in [4.69, 9.17) is 0 Å². The van der Waals surface area contributed by atoms with Gasteiger partial charge >= 0.3 is 0 Å². The fraction of sp³-hybridized carbons (Fsp3) is 0.100. The molecule has 1 heterocycles. The van der Waals surface area contributed by atoms with Crippen LogP contribution < -0.4 is 4.72 Å². The van der Waals surface area contributed by atoms with E-state index < -0.39 is 10.0 Å². The maximum absolute atomic E-state index is 11.8. The number of benzene rings is 1. The van der Waals surface area contributed by atoms with Crippen molar-refractivity contribution in [1.82, 2.24) is 9.97 Å². The zero-order valence-electron chi connectivity index (χ0n) is 8.64. The van der Waals surface area contributed by atoms with Gasteiger partial charge in [-0.05, 0) is 19.1 Å². The summed E-state index contributed by atoms with van der Waals surface area (Å²) >= 11 is 0. The minimum Gasteiger partial charge on any atom is -0.330 e. The highest BCUT2D eigenvalue weighted by Gasteiger charge is 2.14. The average molecular weight is 237 g/mol. The van der Waals surface area contributed by atoms with Crippen LogP contribution in [0.25, 0.3) is 0 Å². The number of rotatable bonds is 3. The number of nitrogens with zero attached hydrogens (tertiary/aromatic N) is 1. The summed E-state index contributed by atoms with van der Waals surface area (Å²) in [6.45, 7) is 1.90. The molecular formula is C10H11N3O2S. The molecular weight excluding hydrogens is 226 g/mol. The van der Waals surface area contributed by atoms with Crippen LogP contribution >= 0.6 is 0 Å². The molecule has 0 aliphatic rings. The number of anilines is 1. The van der Waals surface area contributed by atoms with Gasteiger partial charge in [0, 0.05) is 12.4 Å². The van der Waals surface area contributed by atoms with Gasteiger partial charge in [0.25, 0.3) is 10.0 Å². The third-order valence-electron chi connectivity index (χ3n) is 2.06. The van der Waals surface area contributed by atoms with Crippen LogP contribution in [0, 0.1) is 6.92 Å². The van der Waals surface area contributed by atoms with E-state index in [0.29, 0.717) is 0 Å². The monoisotopic (exact) mass is 237 g/mol. The molecule has 84 valence electrons. The third kappa shape index (κ3) is 2.22. The first-order valence-electron chi connectivity index (χ1n) is 4.67. The van der Waals surface area contributed by atoms with Crippen molar-refractivity contribution in [3.63, 3.8) is 0 Å². The number of aryl methyl sites for hydroxylation is 1. The maximum atomic E-state index is 11.8. The van der Waals surface area contributed by atoms with Crippen LogP contribution in [0.5, 0.6) is 0 Å². The summed E-state index contributed by atoms with van der Waals surface area (Å²) in [5, 5.41) is 0. The van der Waals surface area contributed by atoms with Gasteiger partial charge < -0.3 is 4.98 Å². The van der Waals surface area contributed by atoms with Crippen molar-refractivity contribution in [3.8, 4) is 0 Å². The van der Waals surface area contributed by atoms with Gasteiger partial charge in [-0.15, -0.1) is 0 Å². The van der Waals surface area contributed by atoms with Crippen LogP contribution in [0.4, 0.5) is 5.95 Å². The van der Waals surface area contributed by atoms with Gasteiger partial charge in [-0.25, -0.2) is 18.1 Å². The fourth-order valence-electron chi connectivity index (χ4n) is 1.22. The molecule has 0 aliphatic heterocycles. The molecule has 2 rings (SSSR count). The smallest absolute Gasteiger partial charge is 0.264 e. The van der Waals surface area contributed by atoms with Gasteiger partial charge in [-0.1, -0.05) is 17.7 Å². The summed E-state index contributed by atoms with van der Waals surface area (Å²) in [7, 11) is -3.54. The average Bonchev–Trinajstić information content (AvgIpc) is 2.70. The second-order valence-corrected chi connectivity index (χ2v) is 5.04. The summed E-state index contributed by atoms with van der Waals surface area (Å²) in [5.74, 6) is 0.209. The first-order valence-corrected chi connectivity index (χ1v) is 6.15. The molecule has 1 aromatic heterocycles. The number of aromatic nitrogens is 2. The molecule has 0 bridgehead atoms. The summed E-state index contributed by atoms with van der Waals surface area (Å²) in [6.07, 6.45) is 3.03. The van der Waals surface area contributed by atoms with Gasteiger partial charge in [0.15, 0.2) is 0 Å². The summed E-state index contributed by atoms with van der Waals surface area (Å²) in [6, 6.07) is 6.61. The van der Waals surface area contributed by atoms with E-state index in [1.165, 1.54) is 6.20 Å². The molecule has 5 nitrogen and oxygen atoms in total. The lowest BCUT2D eigenvalue weighted by Crippen LogP contribution is -2.13. The first-order chi connectivity index (χ1) is 7.58. The van der Waals surface area contributed by atoms with Crippen molar-refractivity contribution in [2.75, 3.05) is 4.72 Å². The predicted molar refractivity (Wildman–Crippen MR) is 60.6 cm³/mol. The van der Waals surface area contributed by atoms with Crippen LogP contribution in [0.1, 0.15) is 5.56 Å². The zero-order chi connectivity index (χ0) is 11.6. The van der Waals surface area contributed by atoms with Crippen molar-refractivity contribution in [2.24, 2.45) is 0 Å². The van der Waals surface area contributed by atoms with E-state index in [-0.39, 0.29) is 10.8 Å². The number of aromatic amines is 1. The SMILES string of the molecule is Cc1ccc(S(=O)(=O)Nc2ncc[nH]2)cc1. The molecule has 0 amide bonds. The Kier molecular flexibility index (Phi) is 2.66. The van der Waals surface area contributed by atoms with E-state index in [9.17, 15) is 8.42 Å². The van der Waals surface area contributed by atoms with E-state index in [0.717, 1.165) is 5.56 Å². The number of nitrogens with one attached hydrogen (secondary N) is 2. The number of sulfonamides is 1. The number of H-pyrrole nitrogens is 1. The molecule has 0 fully saturated rings. The van der Waals surface area contributed by atoms with Crippen LogP contribution in [0.2, 0.25) is 0 Å². The molecule has 0 saturated heterocycles. The lowest BCUT2D eigenvalue weighted by molar-refractivity contribution is 0.601. The van der Waals surface area contributed by atoms with Gasteiger partial charge in [0.05, 0.1) is 4.90 Å². The van der Waals surface area contributed by atoms with Crippen molar-refractivity contribution in [1.29, 1.82) is 0 Å². The molecule has 0 radical (unpaired) electrons. The van der Waals surface area contributed by atoms with E-state index in [2.05, 4.69) is 14.7 Å². The highest BCUT2D eigenvalue weighted by molar-refractivity contribution is 7.92. The number of imidazole rings is 1. The second kappa shape index (κ2) is 3.97. The third-order valence-corrected chi connectivity index (χ3v) is 3.42. The van der Waals surface area contributed by atoms with Crippen LogP contribution in [0.15, 0.2) is 41.6 Å². The highest BCUT2D eigenvalue weighted by atomic mass is 32.2. The quantitative estimate of drug-likeness (QED) is 0.849. The Hall–Kier alpha value is -1.82. The highest BCUT2D eigenvalue weighted by Crippen LogP contribution is 2.13. The standard InChI is InChI=1S/C10H11N3O2S/c1-8-2-4-9(5-3-8)16(14,15)13-10-11-6-7-12-10/h2-7H,1H3,(H2,11,12,13). The Labute approximate surface area is 93.6 Å². The summed E-state index contributed by atoms with van der Waals surface area (Å²) < 4.78 is 26.0. The Morgan fingerprint density at radius 2 is 1.94 bits per heavy atom. The Morgan fingerprint density at radius 3 is 2.50 bits per heavy atom. The van der Waals surface area contributed by atoms with Crippen LogP contribution in [-0.2, 0) is 10.0 Å². The second-order valence-electron chi connectivity index (χ2n) is 3.36. The number of hydrogen-bond donors (Lipinski definition) is 2. The van der Waals surface area contributed by atoms with Gasteiger partial charge in [0.2, 0.25) is 5.95 Å². The minimum atomic E-state index is -3.54. The van der Waals surface area contributed by atoms with E-state index in [1.54, 1.807) is 30.5 Å². The molecule has 0 unspecified atom stereocenters. The Balaban J connectivity index is 2.29. The van der Waals surface area contributed by atoms with Crippen molar-refractivity contribution < 1.29 is 8.42 Å². The number of hydrogen-bond acceptors (Lipinski definition) is 3. The molecule has 0 saturated carbocycles. The van der Waals surface area contributed by atoms with E-state index >= 15 is 0 Å². The van der Waals surface area contributed by atoms with Crippen molar-refractivity contribution in [2.45, 2.75) is 11.8 Å². The van der Waals surface area contributed by atoms with Crippen LogP contribution in [0.3, 0.4) is 0 Å². The molecule has 0 spiro atoms. The summed E-state index contributed by atoms with van der Waals surface area (Å²) in [5.41, 5.74) is 1.01. The molecule has 0 aliphatic carbocycles. The molecule has 1 aromatic carbocycles. The van der Waals surface area contributed by atoms with Crippen molar-refractivity contribution in [3.05, 3.63) is 42.2 Å². The largest absolute Gasteiger partial charge is 0.330 e. The summed E-state index contributed by atoms with van der Waals surface area (Å²) in [4.78, 5) is 6.69. The fourth-order valence-corrected chi connectivity index (χ4v) is 2.20. The van der Waals surface area contributed by atoms with Crippen molar-refractivity contribution >= 4 is 16.0 Å². The van der Waals surface area contributed by atoms with Gasteiger partial charge in [-0.2, -0.15) is 0 Å². The topological polar surface area (TPSA) is 74.8 Å². The molecule has 2 aromatic rings. The normalized spacial score (nSPS) is 11.3. The molecule has 16 heavy (non-hydrogen) atoms. The zero-order valence-corrected chi connectivity index (χ0v) is 9.45. The maximum Gasteiger partial charge on any atom is 0.264 e. The minimum absolute atomic E-state index is 0.209. The van der Waals surface area contributed by atoms with Gasteiger partial charge in [0.1, 0.15) is 0 Å². The predicted octanol–water partition coefficient (Wildman–Crippen LogP) is 1.52. The lowest BCUT2D eigenvalue weighted by atomic mass is 10.2. The first kappa shape index (κ1) is 10.7. The molecule has 2 N–H and O–H groups in total. The molecule has 6 heteroatoms. The van der Waals surface area contributed by atoms with Gasteiger partial charge in [-0.3, -0.25) is 0 Å². The molecule has 0 atom stereocenters. The van der Waals surface area contributed by atoms with E-state index in [1.807, 2.05) is 6.92 Å². The Bertz CT molecular complexity index is 559. The lowest BCUT2D eigenvalue weighted by Gasteiger charge is -2.05. The van der Waals surface area contributed by atoms with Crippen LogP contribution in [-0.4, -0.2) is 18.4 Å². The Morgan fingerprint density at radius 1 is 1.25 bits per heavy atom.